The summed E-state index contributed by atoms with van der Waals surface area (Å²) >= 11 is 0. The molecule has 0 N–H and O–H groups in total. The van der Waals surface area contributed by atoms with E-state index in [1.807, 2.05) is 0 Å². The lowest BCUT2D eigenvalue weighted by atomic mass is 9.89. The smallest absolute Gasteiger partial charge is 0.143 e. The second-order valence-corrected chi connectivity index (χ2v) is 10.5. The van der Waals surface area contributed by atoms with E-state index in [0.717, 1.165) is 28.2 Å². The Bertz CT molecular complexity index is 2310. The van der Waals surface area contributed by atoms with Crippen molar-refractivity contribution < 1.29 is 4.74 Å². The van der Waals surface area contributed by atoms with Crippen molar-refractivity contribution in [3.05, 3.63) is 133 Å². The van der Waals surface area contributed by atoms with Crippen molar-refractivity contribution in [2.75, 3.05) is 0 Å². The van der Waals surface area contributed by atoms with Gasteiger partial charge in [0.1, 0.15) is 11.5 Å². The van der Waals surface area contributed by atoms with Crippen molar-refractivity contribution in [3.63, 3.8) is 0 Å². The maximum absolute atomic E-state index is 6.80. The molecule has 0 unspecified atom stereocenters. The van der Waals surface area contributed by atoms with E-state index in [4.69, 9.17) is 4.74 Å². The molecule has 9 rings (SSSR count). The van der Waals surface area contributed by atoms with Crippen LogP contribution in [0, 0.1) is 0 Å². The maximum atomic E-state index is 6.80. The lowest BCUT2D eigenvalue weighted by Crippen LogP contribution is -1.99. The summed E-state index contributed by atoms with van der Waals surface area (Å²) < 4.78 is 6.80. The van der Waals surface area contributed by atoms with Gasteiger partial charge < -0.3 is 4.74 Å². The van der Waals surface area contributed by atoms with Crippen LogP contribution in [-0.2, 0) is 0 Å². The molecule has 1 heterocycles. The maximum Gasteiger partial charge on any atom is 0.143 e. The summed E-state index contributed by atoms with van der Waals surface area (Å²) in [6, 6.07) is 48.3. The quantitative estimate of drug-likeness (QED) is 0.206. The first-order valence-corrected chi connectivity index (χ1v) is 13.4. The molecule has 0 radical (unpaired) electrons. The molecule has 8 aromatic rings. The topological polar surface area (TPSA) is 9.23 Å². The molecule has 1 nitrogen and oxygen atoms in total. The van der Waals surface area contributed by atoms with Crippen molar-refractivity contribution in [1.29, 1.82) is 0 Å². The van der Waals surface area contributed by atoms with Gasteiger partial charge in [-0.25, -0.2) is 0 Å². The van der Waals surface area contributed by atoms with Crippen molar-refractivity contribution in [1.82, 2.24) is 0 Å². The third-order valence-electron chi connectivity index (χ3n) is 8.42. The normalized spacial score (nSPS) is 12.3. The van der Waals surface area contributed by atoms with Crippen molar-refractivity contribution in [2.45, 2.75) is 0 Å². The average Bonchev–Trinajstić information content (AvgIpc) is 3.00. The van der Waals surface area contributed by atoms with Crippen LogP contribution in [0.3, 0.4) is 0 Å². The van der Waals surface area contributed by atoms with E-state index in [1.165, 1.54) is 59.4 Å². The first kappa shape index (κ1) is 20.9. The summed E-state index contributed by atoms with van der Waals surface area (Å²) in [6.07, 6.45) is 0. The minimum Gasteiger partial charge on any atom is -0.455 e. The monoisotopic (exact) mass is 494 g/mol. The number of fused-ring (bicyclic) bond motifs is 9. The van der Waals surface area contributed by atoms with Gasteiger partial charge in [-0.1, -0.05) is 121 Å². The minimum absolute atomic E-state index is 0.928. The second kappa shape index (κ2) is 7.69. The van der Waals surface area contributed by atoms with Gasteiger partial charge in [-0.2, -0.15) is 0 Å². The summed E-state index contributed by atoms with van der Waals surface area (Å²) in [4.78, 5) is 0. The summed E-state index contributed by atoms with van der Waals surface area (Å²) in [6.45, 7) is 0. The van der Waals surface area contributed by atoms with Crippen LogP contribution in [0.25, 0.3) is 76.1 Å². The van der Waals surface area contributed by atoms with Gasteiger partial charge in [0, 0.05) is 16.5 Å². The van der Waals surface area contributed by atoms with E-state index >= 15 is 0 Å². The SMILES string of the molecule is c1cc(-c2ccc3ccc4c5ccccc5ccc4c3c2)c2c(c1)-c1cccc3c1c(cc1ccccc13)O2. The van der Waals surface area contributed by atoms with Gasteiger partial charge >= 0.3 is 0 Å². The number of benzene rings is 8. The van der Waals surface area contributed by atoms with Gasteiger partial charge in [0.25, 0.3) is 0 Å². The molecule has 0 saturated carbocycles. The number of ether oxygens (including phenoxy) is 1. The number of hydrogen-bond acceptors (Lipinski definition) is 1. The predicted molar refractivity (Wildman–Crippen MR) is 165 cm³/mol. The number of rotatable bonds is 1. The molecule has 0 atom stereocenters. The van der Waals surface area contributed by atoms with Gasteiger partial charge in [0.05, 0.1) is 0 Å². The van der Waals surface area contributed by atoms with Crippen LogP contribution in [0.4, 0.5) is 0 Å². The molecule has 0 fully saturated rings. The molecule has 39 heavy (non-hydrogen) atoms. The highest BCUT2D eigenvalue weighted by Crippen LogP contribution is 2.51. The molecule has 0 spiro atoms. The van der Waals surface area contributed by atoms with E-state index in [0.29, 0.717) is 0 Å². The molecule has 0 aliphatic carbocycles. The zero-order valence-corrected chi connectivity index (χ0v) is 21.1. The third kappa shape index (κ3) is 2.90. The Morgan fingerprint density at radius 2 is 0.974 bits per heavy atom. The van der Waals surface area contributed by atoms with E-state index in [1.54, 1.807) is 0 Å². The van der Waals surface area contributed by atoms with Gasteiger partial charge in [0.15, 0.2) is 0 Å². The van der Waals surface area contributed by atoms with Crippen LogP contribution in [0.1, 0.15) is 0 Å². The fourth-order valence-corrected chi connectivity index (χ4v) is 6.61. The van der Waals surface area contributed by atoms with Crippen LogP contribution >= 0.6 is 0 Å². The van der Waals surface area contributed by atoms with E-state index < -0.39 is 0 Å². The Kier molecular flexibility index (Phi) is 4.11. The Hall–Kier alpha value is -5.14. The second-order valence-electron chi connectivity index (χ2n) is 10.5. The molecule has 0 amide bonds. The summed E-state index contributed by atoms with van der Waals surface area (Å²) in [5, 5.41) is 12.5. The Balaban J connectivity index is 1.30. The number of para-hydroxylation sites is 1. The molecule has 1 aliphatic rings. The molecule has 0 bridgehead atoms. The molecule has 8 aromatic carbocycles. The van der Waals surface area contributed by atoms with Crippen LogP contribution < -0.4 is 4.74 Å². The molecular formula is C38H22O. The average molecular weight is 495 g/mol. The Morgan fingerprint density at radius 1 is 0.359 bits per heavy atom. The predicted octanol–water partition coefficient (Wildman–Crippen LogP) is 10.9. The lowest BCUT2D eigenvalue weighted by molar-refractivity contribution is 0.489. The molecule has 180 valence electrons. The summed E-state index contributed by atoms with van der Waals surface area (Å²) in [5.74, 6) is 1.86. The van der Waals surface area contributed by atoms with Crippen LogP contribution in [-0.4, -0.2) is 0 Å². The highest BCUT2D eigenvalue weighted by molar-refractivity contribution is 6.19. The van der Waals surface area contributed by atoms with Crippen molar-refractivity contribution in [2.24, 2.45) is 0 Å². The highest BCUT2D eigenvalue weighted by Gasteiger charge is 2.24. The first-order valence-electron chi connectivity index (χ1n) is 13.4. The largest absolute Gasteiger partial charge is 0.455 e. The Labute approximate surface area is 225 Å². The third-order valence-corrected chi connectivity index (χ3v) is 8.42. The lowest BCUT2D eigenvalue weighted by Gasteiger charge is -2.24. The standard InChI is InChI=1S/C38H22O/c1-3-9-27-23(7-1)17-20-31-30(27)19-18-24-15-16-26(21-35(24)31)29-11-5-14-34-33-13-6-12-32-28-10-4-2-8-25(28)22-36(37(32)33)39-38(29)34/h1-22H. The van der Waals surface area contributed by atoms with Gasteiger partial charge in [-0.15, -0.1) is 0 Å². The first-order chi connectivity index (χ1) is 19.3. The fraction of sp³-hybridized carbons (Fsp3) is 0. The van der Waals surface area contributed by atoms with E-state index in [2.05, 4.69) is 133 Å². The molecule has 0 aromatic heterocycles. The molecule has 1 heteroatoms. The summed E-state index contributed by atoms with van der Waals surface area (Å²) in [5.41, 5.74) is 4.65. The van der Waals surface area contributed by atoms with Crippen molar-refractivity contribution in [3.8, 4) is 33.8 Å². The van der Waals surface area contributed by atoms with E-state index in [-0.39, 0.29) is 0 Å². The van der Waals surface area contributed by atoms with E-state index in [9.17, 15) is 0 Å². The van der Waals surface area contributed by atoms with Crippen molar-refractivity contribution >= 4 is 53.9 Å². The van der Waals surface area contributed by atoms with Gasteiger partial charge in [0.2, 0.25) is 0 Å². The van der Waals surface area contributed by atoms with Crippen LogP contribution in [0.5, 0.6) is 11.5 Å². The zero-order chi connectivity index (χ0) is 25.5. The van der Waals surface area contributed by atoms with Gasteiger partial charge in [-0.3, -0.25) is 0 Å². The molecular weight excluding hydrogens is 472 g/mol. The Morgan fingerprint density at radius 3 is 1.85 bits per heavy atom. The molecule has 1 aliphatic heterocycles. The zero-order valence-electron chi connectivity index (χ0n) is 21.1. The fourth-order valence-electron chi connectivity index (χ4n) is 6.61. The number of hydrogen-bond donors (Lipinski definition) is 0. The van der Waals surface area contributed by atoms with Crippen LogP contribution in [0.15, 0.2) is 133 Å². The summed E-state index contributed by atoms with van der Waals surface area (Å²) in [7, 11) is 0. The molecule has 0 saturated heterocycles. The highest BCUT2D eigenvalue weighted by atomic mass is 16.5. The van der Waals surface area contributed by atoms with Gasteiger partial charge in [-0.05, 0) is 71.7 Å². The van der Waals surface area contributed by atoms with Crippen LogP contribution in [0.2, 0.25) is 0 Å². The minimum atomic E-state index is 0.928.